The van der Waals surface area contributed by atoms with Gasteiger partial charge >= 0.3 is 5.97 Å². The molecule has 0 aromatic heterocycles. The van der Waals surface area contributed by atoms with E-state index < -0.39 is 6.04 Å². The van der Waals surface area contributed by atoms with Crippen LogP contribution < -0.4 is 5.73 Å². The van der Waals surface area contributed by atoms with E-state index in [1.54, 1.807) is 47.9 Å². The zero-order chi connectivity index (χ0) is 14.5. The van der Waals surface area contributed by atoms with Crippen LogP contribution in [0, 0.1) is 0 Å². The Labute approximate surface area is 122 Å². The molecule has 1 aromatic carbocycles. The lowest BCUT2D eigenvalue weighted by Crippen LogP contribution is -2.51. The average Bonchev–Trinajstić information content (AvgIpc) is 2.47. The van der Waals surface area contributed by atoms with Crippen molar-refractivity contribution in [2.24, 2.45) is 0 Å². The van der Waals surface area contributed by atoms with E-state index in [0.29, 0.717) is 30.2 Å². The van der Waals surface area contributed by atoms with Gasteiger partial charge in [0.1, 0.15) is 6.04 Å². The summed E-state index contributed by atoms with van der Waals surface area (Å²) in [5, 5.41) is 0. The van der Waals surface area contributed by atoms with Crippen molar-refractivity contribution in [3.8, 4) is 0 Å². The number of nitrogens with two attached hydrogens (primary N) is 1. The normalized spacial score (nSPS) is 18.6. The summed E-state index contributed by atoms with van der Waals surface area (Å²) in [5.74, 6) is 0.829. The van der Waals surface area contributed by atoms with Crippen LogP contribution in [0.25, 0.3) is 0 Å². The lowest BCUT2D eigenvalue weighted by Gasteiger charge is -2.33. The number of esters is 1. The smallest absolute Gasteiger partial charge is 0.329 e. The van der Waals surface area contributed by atoms with E-state index >= 15 is 0 Å². The fourth-order valence-corrected chi connectivity index (χ4v) is 3.16. The first-order valence-corrected chi connectivity index (χ1v) is 7.70. The number of carbonyl (C=O) groups is 2. The molecule has 1 aliphatic rings. The predicted molar refractivity (Wildman–Crippen MR) is 79.6 cm³/mol. The minimum atomic E-state index is -0.527. The Bertz CT molecular complexity index is 507. The third kappa shape index (κ3) is 3.07. The van der Waals surface area contributed by atoms with Crippen molar-refractivity contribution in [2.45, 2.75) is 13.0 Å². The lowest BCUT2D eigenvalue weighted by atomic mass is 10.1. The summed E-state index contributed by atoms with van der Waals surface area (Å²) in [7, 11) is 0. The molecule has 108 valence electrons. The number of rotatable bonds is 3. The number of anilines is 1. The van der Waals surface area contributed by atoms with Crippen LogP contribution in [-0.2, 0) is 9.53 Å². The molecule has 1 saturated heterocycles. The van der Waals surface area contributed by atoms with Gasteiger partial charge in [-0.3, -0.25) is 4.79 Å². The van der Waals surface area contributed by atoms with E-state index in [-0.39, 0.29) is 11.9 Å². The SMILES string of the molecule is CCOC(=O)C1CSCCN1C(=O)c1ccccc1N. The Morgan fingerprint density at radius 3 is 2.90 bits per heavy atom. The van der Waals surface area contributed by atoms with Crippen LogP contribution in [0.3, 0.4) is 0 Å². The van der Waals surface area contributed by atoms with Crippen LogP contribution in [-0.4, -0.2) is 47.5 Å². The molecule has 6 heteroatoms. The van der Waals surface area contributed by atoms with E-state index in [9.17, 15) is 9.59 Å². The number of thioether (sulfide) groups is 1. The van der Waals surface area contributed by atoms with Crippen LogP contribution in [0.2, 0.25) is 0 Å². The van der Waals surface area contributed by atoms with Crippen molar-refractivity contribution in [3.05, 3.63) is 29.8 Å². The molecule has 2 rings (SSSR count). The van der Waals surface area contributed by atoms with Gasteiger partial charge in [0.05, 0.1) is 12.2 Å². The van der Waals surface area contributed by atoms with Crippen molar-refractivity contribution < 1.29 is 14.3 Å². The maximum atomic E-state index is 12.6. The molecule has 0 bridgehead atoms. The monoisotopic (exact) mass is 294 g/mol. The van der Waals surface area contributed by atoms with Gasteiger partial charge in [-0.25, -0.2) is 4.79 Å². The first-order valence-electron chi connectivity index (χ1n) is 6.55. The summed E-state index contributed by atoms with van der Waals surface area (Å²) in [6.45, 7) is 2.60. The highest BCUT2D eigenvalue weighted by Crippen LogP contribution is 2.22. The van der Waals surface area contributed by atoms with Gasteiger partial charge in [-0.1, -0.05) is 12.1 Å². The van der Waals surface area contributed by atoms with Gasteiger partial charge in [-0.2, -0.15) is 11.8 Å². The number of ether oxygens (including phenoxy) is 1. The average molecular weight is 294 g/mol. The Hall–Kier alpha value is -1.69. The fourth-order valence-electron chi connectivity index (χ4n) is 2.13. The topological polar surface area (TPSA) is 72.6 Å². The van der Waals surface area contributed by atoms with Gasteiger partial charge < -0.3 is 15.4 Å². The summed E-state index contributed by atoms with van der Waals surface area (Å²) < 4.78 is 5.05. The zero-order valence-corrected chi connectivity index (χ0v) is 12.2. The second-order valence-electron chi connectivity index (χ2n) is 4.43. The van der Waals surface area contributed by atoms with E-state index in [2.05, 4.69) is 0 Å². The highest BCUT2D eigenvalue weighted by molar-refractivity contribution is 7.99. The first-order chi connectivity index (χ1) is 9.65. The van der Waals surface area contributed by atoms with E-state index in [4.69, 9.17) is 10.5 Å². The molecule has 2 N–H and O–H groups in total. The Balaban J connectivity index is 2.22. The summed E-state index contributed by atoms with van der Waals surface area (Å²) in [4.78, 5) is 26.1. The molecule has 0 radical (unpaired) electrons. The van der Waals surface area contributed by atoms with Crippen molar-refractivity contribution in [3.63, 3.8) is 0 Å². The third-order valence-corrected chi connectivity index (χ3v) is 4.16. The molecule has 1 atom stereocenters. The van der Waals surface area contributed by atoms with Gasteiger partial charge in [-0.05, 0) is 19.1 Å². The Morgan fingerprint density at radius 2 is 2.20 bits per heavy atom. The van der Waals surface area contributed by atoms with Gasteiger partial charge in [0.25, 0.3) is 5.91 Å². The summed E-state index contributed by atoms with van der Waals surface area (Å²) in [6, 6.07) is 6.39. The van der Waals surface area contributed by atoms with Crippen LogP contribution in [0.1, 0.15) is 17.3 Å². The van der Waals surface area contributed by atoms with Gasteiger partial charge in [0.15, 0.2) is 0 Å². The van der Waals surface area contributed by atoms with Crippen LogP contribution in [0.5, 0.6) is 0 Å². The molecule has 1 heterocycles. The molecule has 0 aliphatic carbocycles. The van der Waals surface area contributed by atoms with Gasteiger partial charge in [-0.15, -0.1) is 0 Å². The molecule has 1 aromatic rings. The highest BCUT2D eigenvalue weighted by Gasteiger charge is 2.34. The molecule has 20 heavy (non-hydrogen) atoms. The number of hydrogen-bond donors (Lipinski definition) is 1. The van der Waals surface area contributed by atoms with E-state index in [1.165, 1.54) is 0 Å². The summed E-state index contributed by atoms with van der Waals surface area (Å²) >= 11 is 1.65. The third-order valence-electron chi connectivity index (χ3n) is 3.14. The van der Waals surface area contributed by atoms with Crippen molar-refractivity contribution in [1.29, 1.82) is 0 Å². The van der Waals surface area contributed by atoms with Crippen LogP contribution in [0.15, 0.2) is 24.3 Å². The first kappa shape index (κ1) is 14.7. The number of hydrogen-bond acceptors (Lipinski definition) is 5. The van der Waals surface area contributed by atoms with Crippen molar-refractivity contribution in [1.82, 2.24) is 4.90 Å². The quantitative estimate of drug-likeness (QED) is 0.673. The number of nitrogens with zero attached hydrogens (tertiary/aromatic N) is 1. The standard InChI is InChI=1S/C14H18N2O3S/c1-2-19-14(18)12-9-20-8-7-16(12)13(17)10-5-3-4-6-11(10)15/h3-6,12H,2,7-9,15H2,1H3. The summed E-state index contributed by atoms with van der Waals surface area (Å²) in [6.07, 6.45) is 0. The van der Waals surface area contributed by atoms with Crippen molar-refractivity contribution >= 4 is 29.3 Å². The molecule has 1 fully saturated rings. The molecule has 1 amide bonds. The Kier molecular flexibility index (Phi) is 4.89. The lowest BCUT2D eigenvalue weighted by molar-refractivity contribution is -0.147. The molecule has 5 nitrogen and oxygen atoms in total. The van der Waals surface area contributed by atoms with E-state index in [1.807, 2.05) is 0 Å². The molecule has 0 spiro atoms. The second-order valence-corrected chi connectivity index (χ2v) is 5.58. The van der Waals surface area contributed by atoms with Crippen LogP contribution in [0.4, 0.5) is 5.69 Å². The number of benzene rings is 1. The molecule has 1 aliphatic heterocycles. The van der Waals surface area contributed by atoms with Gasteiger partial charge in [0, 0.05) is 23.7 Å². The predicted octanol–water partition coefficient (Wildman–Crippen LogP) is 1.39. The Morgan fingerprint density at radius 1 is 1.45 bits per heavy atom. The maximum absolute atomic E-state index is 12.6. The molecule has 0 saturated carbocycles. The van der Waals surface area contributed by atoms with Crippen molar-refractivity contribution in [2.75, 3.05) is 30.4 Å². The largest absolute Gasteiger partial charge is 0.464 e. The second kappa shape index (κ2) is 6.65. The van der Waals surface area contributed by atoms with E-state index in [0.717, 1.165) is 5.75 Å². The number of amides is 1. The summed E-state index contributed by atoms with van der Waals surface area (Å²) in [5.41, 5.74) is 6.71. The number of carbonyl (C=O) groups excluding carboxylic acids is 2. The molecule has 1 unspecified atom stereocenters. The minimum Gasteiger partial charge on any atom is -0.464 e. The molecular formula is C14H18N2O3S. The number of nitrogen functional groups attached to an aromatic ring is 1. The van der Waals surface area contributed by atoms with Gasteiger partial charge in [0.2, 0.25) is 0 Å². The van der Waals surface area contributed by atoms with Crippen LogP contribution >= 0.6 is 11.8 Å². The zero-order valence-electron chi connectivity index (χ0n) is 11.4. The number of para-hydroxylation sites is 1. The highest BCUT2D eigenvalue weighted by atomic mass is 32.2. The fraction of sp³-hybridized carbons (Fsp3) is 0.429. The maximum Gasteiger partial charge on any atom is 0.329 e. The minimum absolute atomic E-state index is 0.207. The molecular weight excluding hydrogens is 276 g/mol.